The van der Waals surface area contributed by atoms with Gasteiger partial charge in [0, 0.05) is 24.7 Å². The van der Waals surface area contributed by atoms with Gasteiger partial charge in [0.15, 0.2) is 0 Å². The van der Waals surface area contributed by atoms with Crippen LogP contribution < -0.4 is 10.1 Å². The second-order valence-electron chi connectivity index (χ2n) is 6.29. The monoisotopic (exact) mass is 312 g/mol. The van der Waals surface area contributed by atoms with Crippen molar-refractivity contribution in [2.75, 3.05) is 19.6 Å². The third kappa shape index (κ3) is 5.21. The number of benzene rings is 1. The number of ether oxygens (including phenoxy) is 1. The van der Waals surface area contributed by atoms with E-state index in [4.69, 9.17) is 0 Å². The largest absolute Gasteiger partial charge is 0.434 e. The van der Waals surface area contributed by atoms with Gasteiger partial charge in [0.2, 0.25) is 0 Å². The first-order chi connectivity index (χ1) is 10.6. The maximum Gasteiger partial charge on any atom is 0.387 e. The Morgan fingerprint density at radius 2 is 1.91 bits per heavy atom. The van der Waals surface area contributed by atoms with Crippen molar-refractivity contribution in [3.63, 3.8) is 0 Å². The average Bonchev–Trinajstić information content (AvgIpc) is 2.48. The molecular weight excluding hydrogens is 286 g/mol. The van der Waals surface area contributed by atoms with E-state index in [1.54, 1.807) is 12.1 Å². The molecule has 1 aliphatic rings. The first-order valence-electron chi connectivity index (χ1n) is 8.03. The molecule has 0 radical (unpaired) electrons. The molecule has 1 aromatic rings. The van der Waals surface area contributed by atoms with Gasteiger partial charge in [0.05, 0.1) is 0 Å². The van der Waals surface area contributed by atoms with Crippen LogP contribution >= 0.6 is 0 Å². The van der Waals surface area contributed by atoms with Gasteiger partial charge in [-0.1, -0.05) is 32.0 Å². The number of para-hydroxylation sites is 1. The van der Waals surface area contributed by atoms with Crippen molar-refractivity contribution in [3.05, 3.63) is 29.8 Å². The molecule has 3 nitrogen and oxygen atoms in total. The first kappa shape index (κ1) is 17.2. The standard InChI is InChI=1S/C17H26F2N2O/c1-13(2)11-21(15-7-9-20-10-8-15)12-14-5-3-4-6-16(14)22-17(18)19/h3-6,13,15,17,20H,7-12H2,1-2H3. The molecule has 0 saturated carbocycles. The average molecular weight is 312 g/mol. The van der Waals surface area contributed by atoms with Gasteiger partial charge in [0.25, 0.3) is 0 Å². The summed E-state index contributed by atoms with van der Waals surface area (Å²) in [5, 5.41) is 3.37. The maximum absolute atomic E-state index is 12.6. The molecule has 1 heterocycles. The highest BCUT2D eigenvalue weighted by Gasteiger charge is 2.23. The maximum atomic E-state index is 12.6. The molecule has 2 rings (SSSR count). The van der Waals surface area contributed by atoms with E-state index < -0.39 is 6.61 Å². The smallest absolute Gasteiger partial charge is 0.387 e. The number of hydrogen-bond acceptors (Lipinski definition) is 3. The molecule has 22 heavy (non-hydrogen) atoms. The molecule has 0 unspecified atom stereocenters. The van der Waals surface area contributed by atoms with Crippen LogP contribution in [0.15, 0.2) is 24.3 Å². The first-order valence-corrected chi connectivity index (χ1v) is 8.03. The minimum atomic E-state index is -2.78. The van der Waals surface area contributed by atoms with E-state index in [9.17, 15) is 8.78 Å². The molecule has 0 aliphatic carbocycles. The Labute approximate surface area is 131 Å². The summed E-state index contributed by atoms with van der Waals surface area (Å²) in [6.07, 6.45) is 2.20. The highest BCUT2D eigenvalue weighted by atomic mass is 19.3. The summed E-state index contributed by atoms with van der Waals surface area (Å²) >= 11 is 0. The third-order valence-electron chi connectivity index (χ3n) is 3.99. The molecule has 1 aliphatic heterocycles. The molecule has 1 saturated heterocycles. The van der Waals surface area contributed by atoms with Crippen LogP contribution in [-0.4, -0.2) is 37.2 Å². The lowest BCUT2D eigenvalue weighted by atomic mass is 10.0. The van der Waals surface area contributed by atoms with Crippen LogP contribution in [-0.2, 0) is 6.54 Å². The predicted molar refractivity (Wildman–Crippen MR) is 84.2 cm³/mol. The molecule has 5 heteroatoms. The minimum Gasteiger partial charge on any atom is -0.434 e. The Bertz CT molecular complexity index is 448. The normalized spacial score (nSPS) is 16.7. The molecule has 0 amide bonds. The zero-order valence-electron chi connectivity index (χ0n) is 13.4. The lowest BCUT2D eigenvalue weighted by Gasteiger charge is -2.36. The SMILES string of the molecule is CC(C)CN(Cc1ccccc1OC(F)F)C1CCNCC1. The van der Waals surface area contributed by atoms with Crippen molar-refractivity contribution >= 4 is 0 Å². The van der Waals surface area contributed by atoms with Crippen molar-refractivity contribution in [1.29, 1.82) is 0 Å². The Hall–Kier alpha value is -1.20. The summed E-state index contributed by atoms with van der Waals surface area (Å²) in [7, 11) is 0. The van der Waals surface area contributed by atoms with Gasteiger partial charge in [-0.05, 0) is 37.9 Å². The summed E-state index contributed by atoms with van der Waals surface area (Å²) in [5.41, 5.74) is 0.835. The van der Waals surface area contributed by atoms with Crippen LogP contribution in [0.4, 0.5) is 8.78 Å². The highest BCUT2D eigenvalue weighted by Crippen LogP contribution is 2.25. The van der Waals surface area contributed by atoms with Crippen LogP contribution in [0.3, 0.4) is 0 Å². The summed E-state index contributed by atoms with van der Waals surface area (Å²) in [5.74, 6) is 0.832. The molecule has 0 bridgehead atoms. The van der Waals surface area contributed by atoms with E-state index in [0.29, 0.717) is 24.3 Å². The van der Waals surface area contributed by atoms with Gasteiger partial charge < -0.3 is 10.1 Å². The number of rotatable bonds is 7. The molecule has 1 N–H and O–H groups in total. The summed E-state index contributed by atoms with van der Waals surface area (Å²) in [6, 6.07) is 7.62. The fourth-order valence-corrected chi connectivity index (χ4v) is 3.05. The van der Waals surface area contributed by atoms with Crippen LogP contribution in [0.1, 0.15) is 32.3 Å². The van der Waals surface area contributed by atoms with Gasteiger partial charge >= 0.3 is 6.61 Å². The zero-order valence-corrected chi connectivity index (χ0v) is 13.4. The van der Waals surface area contributed by atoms with E-state index in [0.717, 1.165) is 38.0 Å². The Kier molecular flexibility index (Phi) is 6.58. The fraction of sp³-hybridized carbons (Fsp3) is 0.647. The van der Waals surface area contributed by atoms with Crippen LogP contribution in [0.25, 0.3) is 0 Å². The van der Waals surface area contributed by atoms with Crippen molar-refractivity contribution in [1.82, 2.24) is 10.2 Å². The second kappa shape index (κ2) is 8.44. The van der Waals surface area contributed by atoms with Crippen molar-refractivity contribution in [2.24, 2.45) is 5.92 Å². The number of nitrogens with one attached hydrogen (secondary N) is 1. The highest BCUT2D eigenvalue weighted by molar-refractivity contribution is 5.33. The van der Waals surface area contributed by atoms with Crippen LogP contribution in [0.5, 0.6) is 5.75 Å². The van der Waals surface area contributed by atoms with Gasteiger partial charge in [-0.2, -0.15) is 8.78 Å². The van der Waals surface area contributed by atoms with E-state index in [-0.39, 0.29) is 0 Å². The number of hydrogen-bond donors (Lipinski definition) is 1. The number of nitrogens with zero attached hydrogens (tertiary/aromatic N) is 1. The van der Waals surface area contributed by atoms with Crippen molar-refractivity contribution < 1.29 is 13.5 Å². The molecule has 0 aromatic heterocycles. The number of piperidine rings is 1. The van der Waals surface area contributed by atoms with Crippen molar-refractivity contribution in [2.45, 2.75) is 45.9 Å². The van der Waals surface area contributed by atoms with E-state index in [2.05, 4.69) is 28.8 Å². The van der Waals surface area contributed by atoms with Crippen LogP contribution in [0, 0.1) is 5.92 Å². The van der Waals surface area contributed by atoms with Gasteiger partial charge in [-0.3, -0.25) is 4.90 Å². The van der Waals surface area contributed by atoms with Crippen molar-refractivity contribution in [3.8, 4) is 5.75 Å². The lowest BCUT2D eigenvalue weighted by Crippen LogP contribution is -2.44. The lowest BCUT2D eigenvalue weighted by molar-refractivity contribution is -0.0509. The topological polar surface area (TPSA) is 24.5 Å². The third-order valence-corrected chi connectivity index (χ3v) is 3.99. The summed E-state index contributed by atoms with van der Waals surface area (Å²) in [4.78, 5) is 2.42. The molecule has 124 valence electrons. The molecule has 0 atom stereocenters. The Morgan fingerprint density at radius 1 is 1.23 bits per heavy atom. The number of halogens is 2. The van der Waals surface area contributed by atoms with E-state index in [1.165, 1.54) is 0 Å². The molecule has 1 aromatic carbocycles. The van der Waals surface area contributed by atoms with Gasteiger partial charge in [-0.15, -0.1) is 0 Å². The van der Waals surface area contributed by atoms with E-state index in [1.807, 2.05) is 12.1 Å². The minimum absolute atomic E-state index is 0.292. The fourth-order valence-electron chi connectivity index (χ4n) is 3.05. The zero-order chi connectivity index (χ0) is 15.9. The van der Waals surface area contributed by atoms with Crippen LogP contribution in [0.2, 0.25) is 0 Å². The number of alkyl halides is 2. The second-order valence-corrected chi connectivity index (χ2v) is 6.29. The summed E-state index contributed by atoms with van der Waals surface area (Å²) in [6.45, 7) is 5.27. The summed E-state index contributed by atoms with van der Waals surface area (Å²) < 4.78 is 29.8. The quantitative estimate of drug-likeness (QED) is 0.834. The Balaban J connectivity index is 2.12. The molecule has 1 fully saturated rings. The van der Waals surface area contributed by atoms with E-state index >= 15 is 0 Å². The Morgan fingerprint density at radius 3 is 2.55 bits per heavy atom. The van der Waals surface area contributed by atoms with Gasteiger partial charge in [-0.25, -0.2) is 0 Å². The van der Waals surface area contributed by atoms with Gasteiger partial charge in [0.1, 0.15) is 5.75 Å². The predicted octanol–water partition coefficient (Wildman–Crippen LogP) is 3.50. The molecular formula is C17H26F2N2O. The molecule has 0 spiro atoms.